The van der Waals surface area contributed by atoms with Crippen LogP contribution in [0.3, 0.4) is 0 Å². The molecule has 1 aromatic heterocycles. The summed E-state index contributed by atoms with van der Waals surface area (Å²) < 4.78 is 0. The van der Waals surface area contributed by atoms with E-state index in [1.54, 1.807) is 0 Å². The van der Waals surface area contributed by atoms with E-state index in [9.17, 15) is 0 Å². The monoisotopic (exact) mass is 260 g/mol. The fraction of sp³-hybridized carbons (Fsp3) is 0.600. The maximum Gasteiger partial charge on any atom is 0.126 e. The number of nitrogens with two attached hydrogens (primary N) is 1. The standard InChI is InChI=1S/C15H24N4/c1-9(2)19(8-12-5-6-12)13-7-10(3)18-11(4)14(13)15(16)17/h7,9,12H,5-6,8H2,1-4H3,(H3,16,17). The molecular formula is C15H24N4. The molecule has 1 heterocycles. The van der Waals surface area contributed by atoms with Crippen molar-refractivity contribution in [3.8, 4) is 0 Å². The van der Waals surface area contributed by atoms with Crippen molar-refractivity contribution in [2.24, 2.45) is 11.7 Å². The number of pyridine rings is 1. The van der Waals surface area contributed by atoms with Crippen molar-refractivity contribution >= 4 is 11.5 Å². The van der Waals surface area contributed by atoms with Gasteiger partial charge in [-0.15, -0.1) is 0 Å². The van der Waals surface area contributed by atoms with Gasteiger partial charge < -0.3 is 10.6 Å². The van der Waals surface area contributed by atoms with Gasteiger partial charge in [0.2, 0.25) is 0 Å². The van der Waals surface area contributed by atoms with Crippen molar-refractivity contribution in [3.63, 3.8) is 0 Å². The van der Waals surface area contributed by atoms with Gasteiger partial charge in [-0.05, 0) is 52.5 Å². The van der Waals surface area contributed by atoms with Crippen LogP contribution in [-0.2, 0) is 0 Å². The van der Waals surface area contributed by atoms with Crippen LogP contribution in [0.15, 0.2) is 6.07 Å². The van der Waals surface area contributed by atoms with Crippen LogP contribution >= 0.6 is 0 Å². The molecule has 1 aliphatic carbocycles. The van der Waals surface area contributed by atoms with Crippen LogP contribution in [0, 0.1) is 25.2 Å². The van der Waals surface area contributed by atoms with E-state index in [0.29, 0.717) is 6.04 Å². The van der Waals surface area contributed by atoms with Crippen LogP contribution in [0.2, 0.25) is 0 Å². The van der Waals surface area contributed by atoms with Crippen molar-refractivity contribution in [3.05, 3.63) is 23.0 Å². The number of nitrogens with one attached hydrogen (secondary N) is 1. The highest BCUT2D eigenvalue weighted by molar-refractivity contribution is 6.01. The molecule has 2 rings (SSSR count). The number of aromatic nitrogens is 1. The van der Waals surface area contributed by atoms with Crippen LogP contribution in [0.25, 0.3) is 0 Å². The molecule has 0 spiro atoms. The van der Waals surface area contributed by atoms with E-state index in [2.05, 4.69) is 29.8 Å². The third-order valence-corrected chi connectivity index (χ3v) is 3.66. The Hall–Kier alpha value is -1.58. The molecule has 0 unspecified atom stereocenters. The van der Waals surface area contributed by atoms with Crippen molar-refractivity contribution in [1.82, 2.24) is 4.98 Å². The van der Waals surface area contributed by atoms with E-state index in [4.69, 9.17) is 11.1 Å². The molecule has 0 saturated heterocycles. The Bertz CT molecular complexity index is 489. The number of anilines is 1. The van der Waals surface area contributed by atoms with Crippen LogP contribution in [0.4, 0.5) is 5.69 Å². The van der Waals surface area contributed by atoms with Gasteiger partial charge in [0.25, 0.3) is 0 Å². The molecule has 1 saturated carbocycles. The molecular weight excluding hydrogens is 236 g/mol. The Balaban J connectivity index is 2.46. The predicted octanol–water partition coefficient (Wildman–Crippen LogP) is 2.61. The van der Waals surface area contributed by atoms with E-state index in [0.717, 1.165) is 35.1 Å². The van der Waals surface area contributed by atoms with Gasteiger partial charge >= 0.3 is 0 Å². The highest BCUT2D eigenvalue weighted by Crippen LogP contribution is 2.34. The number of aryl methyl sites for hydroxylation is 2. The van der Waals surface area contributed by atoms with Crippen LogP contribution in [0.1, 0.15) is 43.6 Å². The van der Waals surface area contributed by atoms with Crippen molar-refractivity contribution in [1.29, 1.82) is 5.41 Å². The van der Waals surface area contributed by atoms with Gasteiger partial charge in [0.1, 0.15) is 5.84 Å². The Labute approximate surface area is 115 Å². The lowest BCUT2D eigenvalue weighted by molar-refractivity contribution is 0.643. The Morgan fingerprint density at radius 1 is 1.47 bits per heavy atom. The third kappa shape index (κ3) is 3.06. The van der Waals surface area contributed by atoms with E-state index >= 15 is 0 Å². The molecule has 4 nitrogen and oxygen atoms in total. The summed E-state index contributed by atoms with van der Waals surface area (Å²) in [5.41, 5.74) is 9.46. The van der Waals surface area contributed by atoms with Gasteiger partial charge in [0.15, 0.2) is 0 Å². The molecule has 1 aliphatic rings. The molecule has 0 amide bonds. The van der Waals surface area contributed by atoms with Crippen LogP contribution < -0.4 is 10.6 Å². The third-order valence-electron chi connectivity index (χ3n) is 3.66. The molecule has 3 N–H and O–H groups in total. The van der Waals surface area contributed by atoms with E-state index in [1.807, 2.05) is 13.8 Å². The molecule has 0 aromatic carbocycles. The second kappa shape index (κ2) is 5.19. The lowest BCUT2D eigenvalue weighted by atomic mass is 10.1. The number of rotatable bonds is 5. The van der Waals surface area contributed by atoms with Gasteiger partial charge in [-0.3, -0.25) is 10.4 Å². The van der Waals surface area contributed by atoms with Gasteiger partial charge in [0.05, 0.1) is 16.9 Å². The Morgan fingerprint density at radius 3 is 2.58 bits per heavy atom. The maximum atomic E-state index is 7.83. The van der Waals surface area contributed by atoms with Gasteiger partial charge in [-0.25, -0.2) is 0 Å². The van der Waals surface area contributed by atoms with Crippen molar-refractivity contribution in [2.75, 3.05) is 11.4 Å². The fourth-order valence-electron chi connectivity index (χ4n) is 2.53. The molecule has 1 fully saturated rings. The topological polar surface area (TPSA) is 66.0 Å². The smallest absolute Gasteiger partial charge is 0.126 e. The predicted molar refractivity (Wildman–Crippen MR) is 79.9 cm³/mol. The summed E-state index contributed by atoms with van der Waals surface area (Å²) in [6.45, 7) is 9.37. The fourth-order valence-corrected chi connectivity index (χ4v) is 2.53. The number of hydrogen-bond acceptors (Lipinski definition) is 3. The lowest BCUT2D eigenvalue weighted by Crippen LogP contribution is -2.35. The molecule has 1 aromatic rings. The molecule has 19 heavy (non-hydrogen) atoms. The zero-order valence-corrected chi connectivity index (χ0v) is 12.3. The summed E-state index contributed by atoms with van der Waals surface area (Å²) in [7, 11) is 0. The second-order valence-electron chi connectivity index (χ2n) is 5.85. The zero-order chi connectivity index (χ0) is 14.2. The van der Waals surface area contributed by atoms with E-state index in [-0.39, 0.29) is 5.84 Å². The summed E-state index contributed by atoms with van der Waals surface area (Å²) in [4.78, 5) is 6.82. The number of amidine groups is 1. The van der Waals surface area contributed by atoms with Crippen molar-refractivity contribution < 1.29 is 0 Å². The first kappa shape index (κ1) is 13.8. The minimum atomic E-state index is 0.112. The summed E-state index contributed by atoms with van der Waals surface area (Å²) in [6, 6.07) is 2.46. The SMILES string of the molecule is Cc1cc(N(CC2CC2)C(C)C)c(C(=N)N)c(C)n1. The molecule has 0 atom stereocenters. The molecule has 0 radical (unpaired) electrons. The average Bonchev–Trinajstić information content (AvgIpc) is 3.07. The quantitative estimate of drug-likeness (QED) is 0.631. The lowest BCUT2D eigenvalue weighted by Gasteiger charge is -2.31. The Kier molecular flexibility index (Phi) is 3.78. The van der Waals surface area contributed by atoms with Crippen molar-refractivity contribution in [2.45, 2.75) is 46.6 Å². The van der Waals surface area contributed by atoms with Crippen LogP contribution in [0.5, 0.6) is 0 Å². The highest BCUT2D eigenvalue weighted by Gasteiger charge is 2.27. The summed E-state index contributed by atoms with van der Waals surface area (Å²) in [6.07, 6.45) is 2.64. The number of nitrogen functional groups attached to an aromatic ring is 1. The zero-order valence-electron chi connectivity index (χ0n) is 12.3. The van der Waals surface area contributed by atoms with Gasteiger partial charge in [-0.1, -0.05) is 0 Å². The first-order valence-electron chi connectivity index (χ1n) is 6.99. The summed E-state index contributed by atoms with van der Waals surface area (Å²) in [5.74, 6) is 0.914. The minimum absolute atomic E-state index is 0.112. The normalized spacial score (nSPS) is 14.8. The molecule has 4 heteroatoms. The van der Waals surface area contributed by atoms with Crippen LogP contribution in [-0.4, -0.2) is 23.4 Å². The maximum absolute atomic E-state index is 7.83. The van der Waals surface area contributed by atoms with Gasteiger partial charge in [-0.2, -0.15) is 0 Å². The number of nitrogens with zero attached hydrogens (tertiary/aromatic N) is 2. The molecule has 0 aliphatic heterocycles. The average molecular weight is 260 g/mol. The largest absolute Gasteiger partial charge is 0.384 e. The summed E-state index contributed by atoms with van der Waals surface area (Å²) >= 11 is 0. The molecule has 0 bridgehead atoms. The first-order valence-corrected chi connectivity index (χ1v) is 6.99. The Morgan fingerprint density at radius 2 is 2.11 bits per heavy atom. The minimum Gasteiger partial charge on any atom is -0.384 e. The van der Waals surface area contributed by atoms with E-state index in [1.165, 1.54) is 12.8 Å². The number of hydrogen-bond donors (Lipinski definition) is 2. The highest BCUT2D eigenvalue weighted by atomic mass is 15.2. The van der Waals surface area contributed by atoms with E-state index < -0.39 is 0 Å². The second-order valence-corrected chi connectivity index (χ2v) is 5.85. The summed E-state index contributed by atoms with van der Waals surface area (Å²) in [5, 5.41) is 7.83. The molecule has 104 valence electrons. The first-order chi connectivity index (χ1) is 8.90. The van der Waals surface area contributed by atoms with Gasteiger partial charge in [0, 0.05) is 18.3 Å².